The van der Waals surface area contributed by atoms with E-state index >= 15 is 0 Å². The van der Waals surface area contributed by atoms with Crippen molar-refractivity contribution in [3.8, 4) is 11.5 Å². The lowest BCUT2D eigenvalue weighted by molar-refractivity contribution is -0.139. The van der Waals surface area contributed by atoms with Crippen LogP contribution in [0.5, 0.6) is 11.5 Å². The minimum atomic E-state index is -0.810. The summed E-state index contributed by atoms with van der Waals surface area (Å²) in [7, 11) is 1.56. The molecule has 1 atom stereocenters. The number of thiazole rings is 1. The summed E-state index contributed by atoms with van der Waals surface area (Å²) in [6.45, 7) is 6.73. The Morgan fingerprint density at radius 3 is 2.52 bits per heavy atom. The Hall–Kier alpha value is -3.93. The van der Waals surface area contributed by atoms with Gasteiger partial charge in [0.25, 0.3) is 5.56 Å². The molecule has 2 aromatic heterocycles. The number of nitrogens with zero attached hydrogens (tertiary/aromatic N) is 3. The second kappa shape index (κ2) is 13.4. The van der Waals surface area contributed by atoms with Crippen LogP contribution >= 0.6 is 43.2 Å². The number of hydrogen-bond donors (Lipinski definition) is 0. The lowest BCUT2D eigenvalue weighted by Gasteiger charge is -2.26. The highest BCUT2D eigenvalue weighted by Gasteiger charge is 2.35. The van der Waals surface area contributed by atoms with Crippen molar-refractivity contribution in [1.82, 2.24) is 9.13 Å². The average Bonchev–Trinajstić information content (AvgIpc) is 3.54. The maximum atomic E-state index is 14.4. The Morgan fingerprint density at radius 2 is 1.80 bits per heavy atom. The fraction of sp³-hybridized carbons (Fsp3) is 0.229. The molecule has 1 aliphatic heterocycles. The van der Waals surface area contributed by atoms with Crippen LogP contribution in [0, 0.1) is 0 Å². The second-order valence-corrected chi connectivity index (χ2v) is 13.4. The van der Waals surface area contributed by atoms with Gasteiger partial charge < -0.3 is 18.8 Å². The van der Waals surface area contributed by atoms with Crippen molar-refractivity contribution in [2.45, 2.75) is 33.4 Å². The molecule has 236 valence electrons. The Labute approximate surface area is 286 Å². The molecule has 0 saturated heterocycles. The highest BCUT2D eigenvalue weighted by Crippen LogP contribution is 2.41. The highest BCUT2D eigenvalue weighted by molar-refractivity contribution is 9.10. The van der Waals surface area contributed by atoms with Crippen molar-refractivity contribution in [3.05, 3.63) is 123 Å². The first-order valence-corrected chi connectivity index (χ1v) is 17.2. The summed E-state index contributed by atoms with van der Waals surface area (Å²) in [6, 6.07) is 19.2. The van der Waals surface area contributed by atoms with Crippen LogP contribution < -0.4 is 24.4 Å². The summed E-state index contributed by atoms with van der Waals surface area (Å²) in [5.74, 6) is 0.503. The summed E-state index contributed by atoms with van der Waals surface area (Å²) < 4.78 is 22.9. The second-order valence-electron chi connectivity index (χ2n) is 10.6. The molecule has 46 heavy (non-hydrogen) atoms. The van der Waals surface area contributed by atoms with Crippen LogP contribution in [-0.4, -0.2) is 35.4 Å². The maximum absolute atomic E-state index is 14.4. The predicted molar refractivity (Wildman–Crippen MR) is 187 cm³/mol. The van der Waals surface area contributed by atoms with Crippen LogP contribution in [0.1, 0.15) is 43.5 Å². The van der Waals surface area contributed by atoms with Gasteiger partial charge in [0.05, 0.1) is 42.2 Å². The van der Waals surface area contributed by atoms with E-state index in [9.17, 15) is 9.59 Å². The molecule has 5 aromatic rings. The fourth-order valence-electron chi connectivity index (χ4n) is 5.72. The van der Waals surface area contributed by atoms with E-state index in [0.717, 1.165) is 26.5 Å². The number of aromatic nitrogens is 2. The van der Waals surface area contributed by atoms with Crippen molar-refractivity contribution in [2.24, 2.45) is 4.99 Å². The first kappa shape index (κ1) is 32.0. The van der Waals surface area contributed by atoms with E-state index in [2.05, 4.69) is 66.9 Å². The highest BCUT2D eigenvalue weighted by atomic mass is 79.9. The van der Waals surface area contributed by atoms with Gasteiger partial charge in [-0.05, 0) is 68.3 Å². The quantitative estimate of drug-likeness (QED) is 0.156. The van der Waals surface area contributed by atoms with Gasteiger partial charge in [0.2, 0.25) is 0 Å². The number of halogens is 2. The Kier molecular flexibility index (Phi) is 9.35. The van der Waals surface area contributed by atoms with Crippen molar-refractivity contribution >= 4 is 66.1 Å². The van der Waals surface area contributed by atoms with E-state index < -0.39 is 12.0 Å². The van der Waals surface area contributed by atoms with Crippen molar-refractivity contribution in [3.63, 3.8) is 0 Å². The summed E-state index contributed by atoms with van der Waals surface area (Å²) in [6.07, 6.45) is 3.99. The van der Waals surface area contributed by atoms with Gasteiger partial charge in [-0.15, -0.1) is 0 Å². The molecule has 11 heteroatoms. The lowest BCUT2D eigenvalue weighted by Crippen LogP contribution is -2.40. The average molecular weight is 766 g/mol. The summed E-state index contributed by atoms with van der Waals surface area (Å²) in [5, 5.41) is 1.03. The van der Waals surface area contributed by atoms with Gasteiger partial charge in [-0.3, -0.25) is 9.36 Å². The van der Waals surface area contributed by atoms with E-state index in [4.69, 9.17) is 19.2 Å². The molecule has 6 rings (SSSR count). The number of carbonyl (C=O) groups excluding carboxylic acids is 1. The summed E-state index contributed by atoms with van der Waals surface area (Å²) in [4.78, 5) is 33.0. The van der Waals surface area contributed by atoms with E-state index in [1.54, 1.807) is 37.7 Å². The number of methoxy groups -OCH3 is 1. The van der Waals surface area contributed by atoms with Crippen molar-refractivity contribution in [2.75, 3.05) is 20.3 Å². The smallest absolute Gasteiger partial charge is 0.338 e. The van der Waals surface area contributed by atoms with Gasteiger partial charge in [0.15, 0.2) is 16.3 Å². The number of rotatable bonds is 9. The fourth-order valence-corrected chi connectivity index (χ4v) is 7.56. The van der Waals surface area contributed by atoms with E-state index in [1.165, 1.54) is 11.3 Å². The van der Waals surface area contributed by atoms with E-state index in [-0.39, 0.29) is 12.2 Å². The first-order chi connectivity index (χ1) is 22.2. The third kappa shape index (κ3) is 5.99. The molecule has 1 aliphatic rings. The SMILES string of the molecule is CCOC(=O)C1=C(C)N=c2s/c(=C/c3cn(Cc4ccc(Br)cc4)c4ccccc34)c(=O)n2[C@@H]1c1cc(OC)c(OCC)cc1Br. The zero-order valence-electron chi connectivity index (χ0n) is 25.7. The number of esters is 1. The largest absolute Gasteiger partial charge is 0.493 e. The molecule has 3 aromatic carbocycles. The molecule has 0 aliphatic carbocycles. The standard InChI is InChI=1S/C35H31Br2N3O5S/c1-5-44-29-17-26(37)25(16-28(29)43-4)32-31(34(42)45-6-2)20(3)38-35-40(32)33(41)30(46-35)15-22-19-39(27-10-8-7-9-24(22)27)18-21-11-13-23(36)14-12-21/h7-17,19,32H,5-6,18H2,1-4H3/b30-15+/t32-/m1/s1. The molecule has 0 amide bonds. The Bertz CT molecular complexity index is 2180. The molecule has 3 heterocycles. The molecule has 0 saturated carbocycles. The third-order valence-electron chi connectivity index (χ3n) is 7.77. The van der Waals surface area contributed by atoms with Crippen LogP contribution in [0.25, 0.3) is 17.0 Å². The van der Waals surface area contributed by atoms with Gasteiger partial charge in [0.1, 0.15) is 0 Å². The Balaban J connectivity index is 1.53. The number of ether oxygens (including phenoxy) is 3. The topological polar surface area (TPSA) is 84.1 Å². The number of hydrogen-bond acceptors (Lipinski definition) is 7. The van der Waals surface area contributed by atoms with Crippen LogP contribution in [0.4, 0.5) is 0 Å². The molecule has 0 unspecified atom stereocenters. The molecular weight excluding hydrogens is 734 g/mol. The van der Waals surface area contributed by atoms with E-state index in [0.29, 0.717) is 55.3 Å². The van der Waals surface area contributed by atoms with Gasteiger partial charge in [-0.25, -0.2) is 9.79 Å². The molecule has 8 nitrogen and oxygen atoms in total. The van der Waals surface area contributed by atoms with Gasteiger partial charge in [-0.1, -0.05) is 73.5 Å². The molecule has 0 N–H and O–H groups in total. The summed E-state index contributed by atoms with van der Waals surface area (Å²) >= 11 is 8.49. The number of allylic oxidation sites excluding steroid dienone is 1. The summed E-state index contributed by atoms with van der Waals surface area (Å²) in [5.41, 5.74) is 4.31. The number of para-hydroxylation sites is 1. The minimum absolute atomic E-state index is 0.185. The van der Waals surface area contributed by atoms with E-state index in [1.807, 2.05) is 37.3 Å². The number of benzene rings is 3. The molecule has 0 radical (unpaired) electrons. The van der Waals surface area contributed by atoms with Gasteiger partial charge in [-0.2, -0.15) is 0 Å². The van der Waals surface area contributed by atoms with Gasteiger partial charge in [0, 0.05) is 38.2 Å². The van der Waals surface area contributed by atoms with Crippen LogP contribution in [0.3, 0.4) is 0 Å². The lowest BCUT2D eigenvalue weighted by atomic mass is 9.95. The predicted octanol–water partition coefficient (Wildman–Crippen LogP) is 6.73. The third-order valence-corrected chi connectivity index (χ3v) is 9.96. The maximum Gasteiger partial charge on any atom is 0.338 e. The zero-order valence-corrected chi connectivity index (χ0v) is 29.7. The van der Waals surface area contributed by atoms with Gasteiger partial charge >= 0.3 is 5.97 Å². The van der Waals surface area contributed by atoms with Crippen molar-refractivity contribution < 1.29 is 19.0 Å². The van der Waals surface area contributed by atoms with Crippen molar-refractivity contribution in [1.29, 1.82) is 0 Å². The number of carbonyl (C=O) groups is 1. The Morgan fingerprint density at radius 1 is 1.04 bits per heavy atom. The van der Waals surface area contributed by atoms with Crippen LogP contribution in [0.2, 0.25) is 0 Å². The monoisotopic (exact) mass is 763 g/mol. The molecular formula is C35H31Br2N3O5S. The number of fused-ring (bicyclic) bond motifs is 2. The zero-order chi connectivity index (χ0) is 32.5. The molecule has 0 bridgehead atoms. The van der Waals surface area contributed by atoms with Crippen LogP contribution in [-0.2, 0) is 16.1 Å². The minimum Gasteiger partial charge on any atom is -0.493 e. The van der Waals surface area contributed by atoms with Crippen LogP contribution in [0.15, 0.2) is 96.9 Å². The molecule has 0 spiro atoms. The molecule has 0 fully saturated rings. The first-order valence-electron chi connectivity index (χ1n) is 14.8. The normalized spacial score (nSPS) is 14.7.